The van der Waals surface area contributed by atoms with Crippen LogP contribution in [-0.4, -0.2) is 4.98 Å². The fourth-order valence-corrected chi connectivity index (χ4v) is 2.50. The molecule has 1 heterocycles. The lowest BCUT2D eigenvalue weighted by molar-refractivity contribution is 1.33. The van der Waals surface area contributed by atoms with Crippen LogP contribution in [0.2, 0.25) is 0 Å². The van der Waals surface area contributed by atoms with Crippen LogP contribution in [0.15, 0.2) is 53.0 Å². The molecular weight excluding hydrogens is 326 g/mol. The van der Waals surface area contributed by atoms with Crippen LogP contribution in [-0.2, 0) is 0 Å². The van der Waals surface area contributed by atoms with Crippen LogP contribution in [0.25, 0.3) is 10.9 Å². The van der Waals surface area contributed by atoms with Gasteiger partial charge in [0.2, 0.25) is 0 Å². The number of benzene rings is 2. The number of nitrogens with zero attached hydrogens (tertiary/aromatic N) is 2. The van der Waals surface area contributed by atoms with Gasteiger partial charge in [-0.3, -0.25) is 0 Å². The second-order valence-corrected chi connectivity index (χ2v) is 5.65. The fourth-order valence-electron chi connectivity index (χ4n) is 2.16. The molecule has 0 aliphatic carbocycles. The van der Waals surface area contributed by atoms with Gasteiger partial charge in [-0.25, -0.2) is 4.98 Å². The predicted octanol–water partition coefficient (Wildman–Crippen LogP) is 4.92. The van der Waals surface area contributed by atoms with Crippen molar-refractivity contribution in [3.63, 3.8) is 0 Å². The van der Waals surface area contributed by atoms with Crippen molar-refractivity contribution in [2.75, 3.05) is 5.32 Å². The highest BCUT2D eigenvalue weighted by molar-refractivity contribution is 9.10. The lowest BCUT2D eigenvalue weighted by Gasteiger charge is -2.11. The summed E-state index contributed by atoms with van der Waals surface area (Å²) in [6, 6.07) is 17.8. The minimum atomic E-state index is 0.530. The van der Waals surface area contributed by atoms with Crippen LogP contribution in [0.3, 0.4) is 0 Å². The number of para-hydroxylation sites is 1. The molecule has 0 unspecified atom stereocenters. The van der Waals surface area contributed by atoms with Crippen molar-refractivity contribution in [1.29, 1.82) is 5.26 Å². The molecule has 4 heteroatoms. The third-order valence-electron chi connectivity index (χ3n) is 3.22. The van der Waals surface area contributed by atoms with Crippen molar-refractivity contribution in [2.45, 2.75) is 6.92 Å². The van der Waals surface area contributed by atoms with Gasteiger partial charge in [0.25, 0.3) is 0 Å². The van der Waals surface area contributed by atoms with E-state index in [2.05, 4.69) is 32.3 Å². The Kier molecular flexibility index (Phi) is 3.59. The van der Waals surface area contributed by atoms with Gasteiger partial charge in [-0.05, 0) is 52.7 Å². The Balaban J connectivity index is 2.11. The van der Waals surface area contributed by atoms with Gasteiger partial charge < -0.3 is 5.32 Å². The van der Waals surface area contributed by atoms with E-state index in [0.29, 0.717) is 11.4 Å². The second kappa shape index (κ2) is 5.55. The zero-order chi connectivity index (χ0) is 14.8. The number of anilines is 2. The third-order valence-corrected chi connectivity index (χ3v) is 3.91. The quantitative estimate of drug-likeness (QED) is 0.721. The molecule has 3 nitrogen and oxygen atoms in total. The minimum Gasteiger partial charge on any atom is -0.338 e. The van der Waals surface area contributed by atoms with E-state index in [1.165, 1.54) is 0 Å². The molecular formula is C17H12BrN3. The van der Waals surface area contributed by atoms with Crippen molar-refractivity contribution in [3.05, 3.63) is 64.1 Å². The molecule has 21 heavy (non-hydrogen) atoms. The fraction of sp³-hybridized carbons (Fsp3) is 0.0588. The molecule has 3 rings (SSSR count). The number of hydrogen-bond donors (Lipinski definition) is 1. The van der Waals surface area contributed by atoms with Crippen LogP contribution in [0.5, 0.6) is 0 Å². The molecule has 0 spiro atoms. The highest BCUT2D eigenvalue weighted by Crippen LogP contribution is 2.28. The topological polar surface area (TPSA) is 48.7 Å². The minimum absolute atomic E-state index is 0.530. The maximum absolute atomic E-state index is 9.34. The van der Waals surface area contributed by atoms with Crippen molar-refractivity contribution >= 4 is 38.3 Å². The van der Waals surface area contributed by atoms with Gasteiger partial charge >= 0.3 is 0 Å². The summed E-state index contributed by atoms with van der Waals surface area (Å²) in [7, 11) is 0. The first-order chi connectivity index (χ1) is 10.2. The van der Waals surface area contributed by atoms with Gasteiger partial charge in [-0.1, -0.05) is 24.3 Å². The summed E-state index contributed by atoms with van der Waals surface area (Å²) in [5.41, 5.74) is 3.43. The van der Waals surface area contributed by atoms with E-state index < -0.39 is 0 Å². The highest BCUT2D eigenvalue weighted by Gasteiger charge is 2.08. The zero-order valence-electron chi connectivity index (χ0n) is 11.4. The summed E-state index contributed by atoms with van der Waals surface area (Å²) in [5.74, 6) is 0.572. The van der Waals surface area contributed by atoms with Crippen LogP contribution in [0.4, 0.5) is 11.5 Å². The number of aryl methyl sites for hydroxylation is 1. The first kappa shape index (κ1) is 13.6. The summed E-state index contributed by atoms with van der Waals surface area (Å²) >= 11 is 3.51. The molecule has 0 fully saturated rings. The van der Waals surface area contributed by atoms with Gasteiger partial charge in [0.15, 0.2) is 0 Å². The lowest BCUT2D eigenvalue weighted by atomic mass is 10.1. The SMILES string of the molecule is Cc1ccc(Br)c(Nc2nc3ccccc3cc2C#N)c1. The molecule has 3 aromatic rings. The van der Waals surface area contributed by atoms with Crippen molar-refractivity contribution in [3.8, 4) is 6.07 Å². The monoisotopic (exact) mass is 337 g/mol. The Morgan fingerprint density at radius 1 is 1.14 bits per heavy atom. The Bertz CT molecular complexity index is 866. The molecule has 0 saturated heterocycles. The predicted molar refractivity (Wildman–Crippen MR) is 88.6 cm³/mol. The van der Waals surface area contributed by atoms with E-state index in [0.717, 1.165) is 26.6 Å². The first-order valence-electron chi connectivity index (χ1n) is 6.50. The Morgan fingerprint density at radius 3 is 2.76 bits per heavy atom. The van der Waals surface area contributed by atoms with Crippen molar-refractivity contribution in [1.82, 2.24) is 4.98 Å². The molecule has 0 bridgehead atoms. The van der Waals surface area contributed by atoms with E-state index in [4.69, 9.17) is 0 Å². The summed E-state index contributed by atoms with van der Waals surface area (Å²) in [6.07, 6.45) is 0. The molecule has 0 aliphatic rings. The number of nitrogens with one attached hydrogen (secondary N) is 1. The molecule has 1 N–H and O–H groups in total. The molecule has 0 saturated carbocycles. The Morgan fingerprint density at radius 2 is 1.95 bits per heavy atom. The Labute approximate surface area is 131 Å². The number of fused-ring (bicyclic) bond motifs is 1. The summed E-state index contributed by atoms with van der Waals surface area (Å²) < 4.78 is 0.937. The molecule has 0 amide bonds. The van der Waals surface area contributed by atoms with Gasteiger partial charge in [0.05, 0.1) is 16.8 Å². The van der Waals surface area contributed by atoms with E-state index in [9.17, 15) is 5.26 Å². The average Bonchev–Trinajstić information content (AvgIpc) is 2.50. The van der Waals surface area contributed by atoms with E-state index in [-0.39, 0.29) is 0 Å². The average molecular weight is 338 g/mol. The molecule has 1 aromatic heterocycles. The maximum Gasteiger partial charge on any atom is 0.149 e. The first-order valence-corrected chi connectivity index (χ1v) is 7.30. The number of rotatable bonds is 2. The van der Waals surface area contributed by atoms with Crippen LogP contribution >= 0.6 is 15.9 Å². The second-order valence-electron chi connectivity index (χ2n) is 4.80. The maximum atomic E-state index is 9.34. The molecule has 2 aromatic carbocycles. The van der Waals surface area contributed by atoms with E-state index in [1.54, 1.807) is 0 Å². The Hall–Kier alpha value is -2.38. The number of aromatic nitrogens is 1. The summed E-state index contributed by atoms with van der Waals surface area (Å²) in [4.78, 5) is 4.56. The standard InChI is InChI=1S/C17H12BrN3/c1-11-6-7-14(18)16(8-11)21-17-13(10-19)9-12-4-2-3-5-15(12)20-17/h2-9H,1H3,(H,20,21). The van der Waals surface area contributed by atoms with Gasteiger partial charge in [-0.15, -0.1) is 0 Å². The molecule has 0 radical (unpaired) electrons. The van der Waals surface area contributed by atoms with E-state index in [1.807, 2.05) is 55.5 Å². The van der Waals surface area contributed by atoms with Gasteiger partial charge in [-0.2, -0.15) is 5.26 Å². The van der Waals surface area contributed by atoms with E-state index >= 15 is 0 Å². The third kappa shape index (κ3) is 2.74. The molecule has 0 atom stereocenters. The summed E-state index contributed by atoms with van der Waals surface area (Å²) in [6.45, 7) is 2.02. The number of nitriles is 1. The number of hydrogen-bond acceptors (Lipinski definition) is 3. The van der Waals surface area contributed by atoms with Gasteiger partial charge in [0.1, 0.15) is 11.9 Å². The highest BCUT2D eigenvalue weighted by atomic mass is 79.9. The lowest BCUT2D eigenvalue weighted by Crippen LogP contribution is -1.98. The molecule has 102 valence electrons. The van der Waals surface area contributed by atoms with Crippen LogP contribution in [0.1, 0.15) is 11.1 Å². The van der Waals surface area contributed by atoms with Crippen LogP contribution in [0, 0.1) is 18.3 Å². The smallest absolute Gasteiger partial charge is 0.149 e. The summed E-state index contributed by atoms with van der Waals surface area (Å²) in [5, 5.41) is 13.5. The number of pyridine rings is 1. The number of halogens is 1. The van der Waals surface area contributed by atoms with Crippen molar-refractivity contribution < 1.29 is 0 Å². The van der Waals surface area contributed by atoms with Crippen molar-refractivity contribution in [2.24, 2.45) is 0 Å². The zero-order valence-corrected chi connectivity index (χ0v) is 13.0. The van der Waals surface area contributed by atoms with Crippen LogP contribution < -0.4 is 5.32 Å². The normalized spacial score (nSPS) is 10.3. The molecule has 0 aliphatic heterocycles. The largest absolute Gasteiger partial charge is 0.338 e. The van der Waals surface area contributed by atoms with Gasteiger partial charge in [0, 0.05) is 9.86 Å².